The number of likely N-dealkylation sites (tertiary alicyclic amines) is 1. The monoisotopic (exact) mass is 408 g/mol. The Morgan fingerprint density at radius 3 is 2.33 bits per heavy atom. The van der Waals surface area contributed by atoms with E-state index in [4.69, 9.17) is 4.74 Å². The average Bonchev–Trinajstić information content (AvgIpc) is 2.76. The summed E-state index contributed by atoms with van der Waals surface area (Å²) < 4.78 is 5.80. The van der Waals surface area contributed by atoms with E-state index in [2.05, 4.69) is 11.4 Å². The maximum atomic E-state index is 12.6. The molecule has 1 aliphatic heterocycles. The van der Waals surface area contributed by atoms with Crippen LogP contribution in [0, 0.1) is 11.3 Å². The predicted molar refractivity (Wildman–Crippen MR) is 118 cm³/mol. The van der Waals surface area contributed by atoms with Gasteiger partial charge >= 0.3 is 0 Å². The molecule has 5 heteroatoms. The lowest BCUT2D eigenvalue weighted by molar-refractivity contribution is -0.142. The Morgan fingerprint density at radius 2 is 1.67 bits per heavy atom. The van der Waals surface area contributed by atoms with Gasteiger partial charge in [0, 0.05) is 31.0 Å². The molecule has 0 bridgehead atoms. The van der Waals surface area contributed by atoms with Crippen LogP contribution in [-0.2, 0) is 22.7 Å². The third-order valence-electron chi connectivity index (χ3n) is 5.40. The van der Waals surface area contributed by atoms with E-state index >= 15 is 0 Å². The molecule has 2 aromatic rings. The molecule has 160 valence electrons. The van der Waals surface area contributed by atoms with E-state index in [1.165, 1.54) is 0 Å². The lowest BCUT2D eigenvalue weighted by Gasteiger charge is -2.35. The number of benzene rings is 2. The number of piperidine rings is 1. The topological polar surface area (TPSA) is 58.6 Å². The highest BCUT2D eigenvalue weighted by Crippen LogP contribution is 2.23. The molecule has 1 heterocycles. The number of para-hydroxylation sites is 1. The van der Waals surface area contributed by atoms with Crippen molar-refractivity contribution in [3.05, 3.63) is 65.7 Å². The fourth-order valence-corrected chi connectivity index (χ4v) is 3.67. The molecule has 3 rings (SSSR count). The Kier molecular flexibility index (Phi) is 7.14. The predicted octanol–water partition coefficient (Wildman–Crippen LogP) is 4.17. The second-order valence-corrected chi connectivity index (χ2v) is 8.96. The molecule has 1 N–H and O–H groups in total. The van der Waals surface area contributed by atoms with Crippen molar-refractivity contribution in [2.24, 2.45) is 11.3 Å². The number of hydrogen-bond acceptors (Lipinski definition) is 3. The fraction of sp³-hybridized carbons (Fsp3) is 0.440. The molecule has 0 aromatic heterocycles. The van der Waals surface area contributed by atoms with Gasteiger partial charge in [0.25, 0.3) is 0 Å². The third-order valence-corrected chi connectivity index (χ3v) is 5.40. The van der Waals surface area contributed by atoms with Crippen molar-refractivity contribution in [2.75, 3.05) is 13.1 Å². The van der Waals surface area contributed by atoms with E-state index in [1.807, 2.05) is 74.2 Å². The Balaban J connectivity index is 1.45. The van der Waals surface area contributed by atoms with Crippen molar-refractivity contribution in [3.8, 4) is 5.75 Å². The molecular weight excluding hydrogens is 376 g/mol. The standard InChI is InChI=1S/C25H32N2O3/c1-25(2,3)24(29)27-14-12-21(13-15-27)23(28)26-17-19-8-7-9-20(16-19)18-30-22-10-5-4-6-11-22/h4-11,16,21H,12-15,17-18H2,1-3H3,(H,26,28). The molecule has 1 aliphatic rings. The summed E-state index contributed by atoms with van der Waals surface area (Å²) in [6.07, 6.45) is 1.44. The number of rotatable bonds is 6. The SMILES string of the molecule is CC(C)(C)C(=O)N1CCC(C(=O)NCc2cccc(COc3ccccc3)c2)CC1. The van der Waals surface area contributed by atoms with E-state index in [1.54, 1.807) is 0 Å². The zero-order valence-corrected chi connectivity index (χ0v) is 18.2. The lowest BCUT2D eigenvalue weighted by atomic mass is 9.90. The minimum atomic E-state index is -0.371. The van der Waals surface area contributed by atoms with E-state index in [9.17, 15) is 9.59 Å². The Labute approximate surface area is 179 Å². The van der Waals surface area contributed by atoms with Crippen molar-refractivity contribution in [1.29, 1.82) is 0 Å². The first-order valence-electron chi connectivity index (χ1n) is 10.7. The molecule has 2 aromatic carbocycles. The smallest absolute Gasteiger partial charge is 0.227 e. The van der Waals surface area contributed by atoms with Crippen molar-refractivity contribution in [3.63, 3.8) is 0 Å². The van der Waals surface area contributed by atoms with Gasteiger partial charge in [-0.05, 0) is 36.1 Å². The minimum Gasteiger partial charge on any atom is -0.489 e. The number of amides is 2. The molecule has 2 amide bonds. The molecule has 0 spiro atoms. The van der Waals surface area contributed by atoms with Crippen molar-refractivity contribution < 1.29 is 14.3 Å². The van der Waals surface area contributed by atoms with E-state index in [0.717, 1.165) is 29.7 Å². The van der Waals surface area contributed by atoms with Crippen molar-refractivity contribution >= 4 is 11.8 Å². The van der Waals surface area contributed by atoms with Crippen molar-refractivity contribution in [2.45, 2.75) is 46.8 Å². The Hall–Kier alpha value is -2.82. The van der Waals surface area contributed by atoms with Crippen LogP contribution in [-0.4, -0.2) is 29.8 Å². The molecule has 0 aliphatic carbocycles. The molecule has 30 heavy (non-hydrogen) atoms. The summed E-state index contributed by atoms with van der Waals surface area (Å²) in [5.74, 6) is 1.05. The number of carbonyl (C=O) groups is 2. The second-order valence-electron chi connectivity index (χ2n) is 8.96. The summed E-state index contributed by atoms with van der Waals surface area (Å²) in [6, 6.07) is 17.8. The summed E-state index contributed by atoms with van der Waals surface area (Å²) in [7, 11) is 0. The summed E-state index contributed by atoms with van der Waals surface area (Å²) in [4.78, 5) is 26.9. The van der Waals surface area contributed by atoms with Crippen molar-refractivity contribution in [1.82, 2.24) is 10.2 Å². The first-order valence-corrected chi connectivity index (χ1v) is 10.7. The molecule has 0 unspecified atom stereocenters. The van der Waals surface area contributed by atoms with Crippen LogP contribution >= 0.6 is 0 Å². The number of nitrogens with one attached hydrogen (secondary N) is 1. The van der Waals surface area contributed by atoms with Gasteiger partial charge in [0.05, 0.1) is 0 Å². The Bertz CT molecular complexity index is 850. The highest BCUT2D eigenvalue weighted by Gasteiger charge is 2.32. The van der Waals surface area contributed by atoms with Gasteiger partial charge in [0.15, 0.2) is 0 Å². The maximum Gasteiger partial charge on any atom is 0.227 e. The molecule has 0 saturated carbocycles. The van der Waals surface area contributed by atoms with Gasteiger partial charge < -0.3 is 15.0 Å². The van der Waals surface area contributed by atoms with Gasteiger partial charge in [-0.2, -0.15) is 0 Å². The lowest BCUT2D eigenvalue weighted by Crippen LogP contribution is -2.46. The van der Waals surface area contributed by atoms with Gasteiger partial charge in [-0.3, -0.25) is 9.59 Å². The molecule has 1 fully saturated rings. The van der Waals surface area contributed by atoms with E-state index in [0.29, 0.717) is 26.2 Å². The van der Waals surface area contributed by atoms with Crippen LogP contribution in [0.4, 0.5) is 0 Å². The van der Waals surface area contributed by atoms with Crippen LogP contribution in [0.25, 0.3) is 0 Å². The number of carbonyl (C=O) groups excluding carboxylic acids is 2. The fourth-order valence-electron chi connectivity index (χ4n) is 3.67. The maximum absolute atomic E-state index is 12.6. The normalized spacial score (nSPS) is 15.0. The van der Waals surface area contributed by atoms with E-state index in [-0.39, 0.29) is 23.1 Å². The zero-order chi connectivity index (χ0) is 21.6. The highest BCUT2D eigenvalue weighted by molar-refractivity contribution is 5.82. The van der Waals surface area contributed by atoms with Crippen LogP contribution in [0.2, 0.25) is 0 Å². The van der Waals surface area contributed by atoms with Crippen LogP contribution in [0.15, 0.2) is 54.6 Å². The first kappa shape index (κ1) is 21.9. The summed E-state index contributed by atoms with van der Waals surface area (Å²) in [5, 5.41) is 3.06. The van der Waals surface area contributed by atoms with Crippen LogP contribution in [0.3, 0.4) is 0 Å². The summed E-state index contributed by atoms with van der Waals surface area (Å²) in [5.41, 5.74) is 1.75. The number of nitrogens with zero attached hydrogens (tertiary/aromatic N) is 1. The minimum absolute atomic E-state index is 0.0291. The largest absolute Gasteiger partial charge is 0.489 e. The first-order chi connectivity index (χ1) is 14.3. The average molecular weight is 409 g/mol. The zero-order valence-electron chi connectivity index (χ0n) is 18.2. The van der Waals surface area contributed by atoms with Crippen LogP contribution < -0.4 is 10.1 Å². The molecule has 5 nitrogen and oxygen atoms in total. The van der Waals surface area contributed by atoms with Crippen LogP contribution in [0.1, 0.15) is 44.7 Å². The van der Waals surface area contributed by atoms with Gasteiger partial charge in [-0.15, -0.1) is 0 Å². The molecule has 0 radical (unpaired) electrons. The molecule has 0 atom stereocenters. The molecular formula is C25H32N2O3. The summed E-state index contributed by atoms with van der Waals surface area (Å²) >= 11 is 0. The van der Waals surface area contributed by atoms with Crippen LogP contribution in [0.5, 0.6) is 5.75 Å². The molecule has 1 saturated heterocycles. The highest BCUT2D eigenvalue weighted by atomic mass is 16.5. The van der Waals surface area contributed by atoms with Gasteiger partial charge in [-0.1, -0.05) is 63.2 Å². The third kappa shape index (κ3) is 6.09. The number of ether oxygens (including phenoxy) is 1. The van der Waals surface area contributed by atoms with Gasteiger partial charge in [-0.25, -0.2) is 0 Å². The number of hydrogen-bond donors (Lipinski definition) is 1. The second kappa shape index (κ2) is 9.79. The quantitative estimate of drug-likeness (QED) is 0.781. The van der Waals surface area contributed by atoms with Gasteiger partial charge in [0.1, 0.15) is 12.4 Å². The van der Waals surface area contributed by atoms with E-state index < -0.39 is 0 Å². The van der Waals surface area contributed by atoms with Gasteiger partial charge in [0.2, 0.25) is 11.8 Å². The summed E-state index contributed by atoms with van der Waals surface area (Å²) in [6.45, 7) is 8.11. The Morgan fingerprint density at radius 1 is 1.00 bits per heavy atom.